The monoisotopic (exact) mass is 290 g/mol. The van der Waals surface area contributed by atoms with Gasteiger partial charge in [0.05, 0.1) is 12.2 Å². The number of carboxylic acid groups (broad SMARTS) is 1. The van der Waals surface area contributed by atoms with Gasteiger partial charge in [0.25, 0.3) is 0 Å². The Morgan fingerprint density at radius 3 is 2.50 bits per heavy atom. The van der Waals surface area contributed by atoms with Crippen molar-refractivity contribution in [2.45, 2.75) is 32.9 Å². The predicted molar refractivity (Wildman–Crippen MR) is 67.7 cm³/mol. The molecule has 1 rings (SSSR count). The Morgan fingerprint density at radius 1 is 1.35 bits per heavy atom. The number of rotatable bonds is 6. The largest absolute Gasteiger partial charge is 0.493 e. The number of aliphatic carboxylic acids is 1. The Balaban J connectivity index is 2.97. The summed E-state index contributed by atoms with van der Waals surface area (Å²) >= 11 is 0. The highest BCUT2D eigenvalue weighted by molar-refractivity contribution is 5.67. The first-order chi connectivity index (χ1) is 9.20. The van der Waals surface area contributed by atoms with Crippen molar-refractivity contribution in [3.05, 3.63) is 29.3 Å². The molecule has 3 nitrogen and oxygen atoms in total. The molecule has 0 fully saturated rings. The summed E-state index contributed by atoms with van der Waals surface area (Å²) in [5, 5.41) is 8.56. The molecule has 112 valence electrons. The van der Waals surface area contributed by atoms with Gasteiger partial charge in [-0.3, -0.25) is 4.79 Å². The van der Waals surface area contributed by atoms with E-state index in [0.29, 0.717) is 5.56 Å². The normalized spacial score (nSPS) is 11.7. The predicted octanol–water partition coefficient (Wildman–Crippen LogP) is 3.76. The summed E-state index contributed by atoms with van der Waals surface area (Å²) in [7, 11) is 0. The Morgan fingerprint density at radius 2 is 2.00 bits per heavy atom. The molecule has 0 aliphatic carbocycles. The van der Waals surface area contributed by atoms with Gasteiger partial charge in [-0.05, 0) is 30.0 Å². The van der Waals surface area contributed by atoms with Gasteiger partial charge < -0.3 is 9.84 Å². The van der Waals surface area contributed by atoms with Gasteiger partial charge in [-0.25, -0.2) is 0 Å². The van der Waals surface area contributed by atoms with E-state index in [1.165, 1.54) is 12.1 Å². The summed E-state index contributed by atoms with van der Waals surface area (Å²) in [6.07, 6.45) is -4.67. The quantitative estimate of drug-likeness (QED) is 0.867. The fourth-order valence-electron chi connectivity index (χ4n) is 1.59. The lowest BCUT2D eigenvalue weighted by atomic mass is 10.0. The number of alkyl halides is 3. The van der Waals surface area contributed by atoms with Gasteiger partial charge in [0.2, 0.25) is 0 Å². The minimum absolute atomic E-state index is 0.0584. The molecular weight excluding hydrogens is 273 g/mol. The molecule has 0 saturated carbocycles. The van der Waals surface area contributed by atoms with E-state index < -0.39 is 17.7 Å². The summed E-state index contributed by atoms with van der Waals surface area (Å²) in [6.45, 7) is 3.88. The minimum atomic E-state index is -4.52. The van der Waals surface area contributed by atoms with Crippen LogP contribution in [0.15, 0.2) is 18.2 Å². The number of aryl methyl sites for hydroxylation is 1. The van der Waals surface area contributed by atoms with E-state index in [-0.39, 0.29) is 31.1 Å². The number of hydrogen-bond donors (Lipinski definition) is 1. The Kier molecular flexibility index (Phi) is 5.42. The zero-order valence-corrected chi connectivity index (χ0v) is 11.3. The second-order valence-corrected chi connectivity index (χ2v) is 4.93. The molecule has 0 atom stereocenters. The highest BCUT2D eigenvalue weighted by Gasteiger charge is 2.34. The highest BCUT2D eigenvalue weighted by atomic mass is 19.4. The molecule has 1 aromatic rings. The maximum Gasteiger partial charge on any atom is 0.419 e. The van der Waals surface area contributed by atoms with Crippen LogP contribution in [0.25, 0.3) is 0 Å². The molecule has 0 aliphatic heterocycles. The lowest BCUT2D eigenvalue weighted by Crippen LogP contribution is -2.12. The second-order valence-electron chi connectivity index (χ2n) is 4.93. The molecule has 0 amide bonds. The first-order valence-corrected chi connectivity index (χ1v) is 6.25. The summed E-state index contributed by atoms with van der Waals surface area (Å²) < 4.78 is 44.0. The average molecular weight is 290 g/mol. The molecule has 0 saturated heterocycles. The maximum atomic E-state index is 13.0. The number of ether oxygens (including phenoxy) is 1. The zero-order valence-electron chi connectivity index (χ0n) is 11.3. The maximum absolute atomic E-state index is 13.0. The van der Waals surface area contributed by atoms with Crippen molar-refractivity contribution in [1.29, 1.82) is 0 Å². The SMILES string of the molecule is CC(C)COc1ccc(CCC(=O)O)cc1C(F)(F)F. The smallest absolute Gasteiger partial charge is 0.419 e. The van der Waals surface area contributed by atoms with Crippen LogP contribution in [0.2, 0.25) is 0 Å². The first-order valence-electron chi connectivity index (χ1n) is 6.25. The molecule has 0 unspecified atom stereocenters. The van der Waals surface area contributed by atoms with Gasteiger partial charge in [0.15, 0.2) is 0 Å². The number of carbonyl (C=O) groups is 1. The van der Waals surface area contributed by atoms with Crippen molar-refractivity contribution in [2.24, 2.45) is 5.92 Å². The van der Waals surface area contributed by atoms with E-state index in [0.717, 1.165) is 6.07 Å². The number of carboxylic acids is 1. The van der Waals surface area contributed by atoms with Crippen LogP contribution in [0, 0.1) is 5.92 Å². The van der Waals surface area contributed by atoms with E-state index in [1.54, 1.807) is 0 Å². The first kappa shape index (κ1) is 16.3. The molecule has 1 N–H and O–H groups in total. The fraction of sp³-hybridized carbons (Fsp3) is 0.500. The van der Waals surface area contributed by atoms with Crippen LogP contribution in [0.1, 0.15) is 31.4 Å². The van der Waals surface area contributed by atoms with Crippen LogP contribution < -0.4 is 4.74 Å². The number of halogens is 3. The van der Waals surface area contributed by atoms with Crippen LogP contribution in [0.4, 0.5) is 13.2 Å². The van der Waals surface area contributed by atoms with Crippen molar-refractivity contribution < 1.29 is 27.8 Å². The molecule has 1 aromatic carbocycles. The second kappa shape index (κ2) is 6.63. The van der Waals surface area contributed by atoms with Gasteiger partial charge >= 0.3 is 12.1 Å². The van der Waals surface area contributed by atoms with Crippen LogP contribution in [0.3, 0.4) is 0 Å². The van der Waals surface area contributed by atoms with Gasteiger partial charge in [0, 0.05) is 6.42 Å². The van der Waals surface area contributed by atoms with E-state index in [2.05, 4.69) is 0 Å². The van der Waals surface area contributed by atoms with Gasteiger partial charge in [-0.1, -0.05) is 19.9 Å². The van der Waals surface area contributed by atoms with E-state index >= 15 is 0 Å². The molecule has 6 heteroatoms. The van der Waals surface area contributed by atoms with Crippen molar-refractivity contribution in [2.75, 3.05) is 6.61 Å². The van der Waals surface area contributed by atoms with Gasteiger partial charge in [-0.15, -0.1) is 0 Å². The third-order valence-corrected chi connectivity index (χ3v) is 2.55. The van der Waals surface area contributed by atoms with Crippen LogP contribution >= 0.6 is 0 Å². The summed E-state index contributed by atoms with van der Waals surface area (Å²) in [4.78, 5) is 10.5. The minimum Gasteiger partial charge on any atom is -0.493 e. The standard InChI is InChI=1S/C14H17F3O3/c1-9(2)8-20-12-5-3-10(4-6-13(18)19)7-11(12)14(15,16)17/h3,5,7,9H,4,6,8H2,1-2H3,(H,18,19). The lowest BCUT2D eigenvalue weighted by Gasteiger charge is -2.16. The third-order valence-electron chi connectivity index (χ3n) is 2.55. The molecule has 0 aliphatic rings. The Labute approximate surface area is 115 Å². The van der Waals surface area contributed by atoms with E-state index in [9.17, 15) is 18.0 Å². The molecule has 20 heavy (non-hydrogen) atoms. The highest BCUT2D eigenvalue weighted by Crippen LogP contribution is 2.37. The molecule has 0 heterocycles. The lowest BCUT2D eigenvalue weighted by molar-refractivity contribution is -0.139. The fourth-order valence-corrected chi connectivity index (χ4v) is 1.59. The number of benzene rings is 1. The average Bonchev–Trinajstić information content (AvgIpc) is 2.33. The molecule has 0 bridgehead atoms. The summed E-state index contributed by atoms with van der Waals surface area (Å²) in [5.74, 6) is -1.15. The summed E-state index contributed by atoms with van der Waals surface area (Å²) in [6, 6.07) is 3.68. The Bertz CT molecular complexity index is 467. The molecule has 0 radical (unpaired) electrons. The third kappa shape index (κ3) is 5.11. The van der Waals surface area contributed by atoms with Crippen molar-refractivity contribution in [3.63, 3.8) is 0 Å². The van der Waals surface area contributed by atoms with Crippen molar-refractivity contribution >= 4 is 5.97 Å². The van der Waals surface area contributed by atoms with Gasteiger partial charge in [-0.2, -0.15) is 13.2 Å². The topological polar surface area (TPSA) is 46.5 Å². The molecular formula is C14H17F3O3. The summed E-state index contributed by atoms with van der Waals surface area (Å²) in [5.41, 5.74) is -0.530. The Hall–Kier alpha value is -1.72. The van der Waals surface area contributed by atoms with Crippen molar-refractivity contribution in [1.82, 2.24) is 0 Å². The van der Waals surface area contributed by atoms with E-state index in [1.807, 2.05) is 13.8 Å². The zero-order chi connectivity index (χ0) is 15.3. The number of hydrogen-bond acceptors (Lipinski definition) is 2. The molecule has 0 aromatic heterocycles. The van der Waals surface area contributed by atoms with Crippen molar-refractivity contribution in [3.8, 4) is 5.75 Å². The molecule has 0 spiro atoms. The van der Waals surface area contributed by atoms with Gasteiger partial charge in [0.1, 0.15) is 5.75 Å². The van der Waals surface area contributed by atoms with E-state index in [4.69, 9.17) is 9.84 Å². The van der Waals surface area contributed by atoms with Crippen LogP contribution in [-0.2, 0) is 17.4 Å². The van der Waals surface area contributed by atoms with Crippen LogP contribution in [-0.4, -0.2) is 17.7 Å². The van der Waals surface area contributed by atoms with Crippen LogP contribution in [0.5, 0.6) is 5.75 Å².